The monoisotopic (exact) mass is 385 g/mol. The van der Waals surface area contributed by atoms with Crippen molar-refractivity contribution in [1.82, 2.24) is 10.6 Å². The fraction of sp³-hybridized carbons (Fsp3) is 0.111. The number of anilines is 1. The standard InChI is InChI=1S/C18H16BrN3O2/c1-11-15(17(23)21-12-7-3-2-4-8-12)16(22-18(24)20-11)13-9-5-6-10-14(13)19/h2-10,16H,1H3,(H,21,23)(H2,20,22,24)/t16-/m0/s1. The van der Waals surface area contributed by atoms with Crippen molar-refractivity contribution in [2.24, 2.45) is 0 Å². The van der Waals surface area contributed by atoms with Gasteiger partial charge in [-0.3, -0.25) is 4.79 Å². The predicted molar refractivity (Wildman–Crippen MR) is 96.3 cm³/mol. The molecule has 0 aromatic heterocycles. The SMILES string of the molecule is CC1=C(C(=O)Nc2ccccc2)[C@H](c2ccccc2Br)NC(=O)N1. The third-order valence-corrected chi connectivity index (χ3v) is 4.48. The third kappa shape index (κ3) is 3.33. The first-order valence-corrected chi connectivity index (χ1v) is 8.24. The van der Waals surface area contributed by atoms with Crippen molar-refractivity contribution < 1.29 is 9.59 Å². The molecular weight excluding hydrogens is 370 g/mol. The van der Waals surface area contributed by atoms with Gasteiger partial charge in [-0.15, -0.1) is 0 Å². The predicted octanol–water partition coefficient (Wildman–Crippen LogP) is 3.72. The van der Waals surface area contributed by atoms with E-state index in [4.69, 9.17) is 0 Å². The van der Waals surface area contributed by atoms with Crippen LogP contribution in [0.3, 0.4) is 0 Å². The zero-order valence-electron chi connectivity index (χ0n) is 13.0. The Hall–Kier alpha value is -2.60. The van der Waals surface area contributed by atoms with E-state index >= 15 is 0 Å². The maximum atomic E-state index is 12.8. The molecule has 6 heteroatoms. The summed E-state index contributed by atoms with van der Waals surface area (Å²) in [6.45, 7) is 1.72. The number of hydrogen-bond acceptors (Lipinski definition) is 2. The minimum Gasteiger partial charge on any atom is -0.327 e. The molecule has 2 aromatic carbocycles. The van der Waals surface area contributed by atoms with Gasteiger partial charge in [0.25, 0.3) is 5.91 Å². The largest absolute Gasteiger partial charge is 0.327 e. The van der Waals surface area contributed by atoms with E-state index in [9.17, 15) is 9.59 Å². The van der Waals surface area contributed by atoms with Crippen LogP contribution in [0.15, 0.2) is 70.3 Å². The number of allylic oxidation sites excluding steroid dienone is 1. The maximum absolute atomic E-state index is 12.8. The highest BCUT2D eigenvalue weighted by Crippen LogP contribution is 2.32. The van der Waals surface area contributed by atoms with Crippen molar-refractivity contribution in [3.8, 4) is 0 Å². The quantitative estimate of drug-likeness (QED) is 0.753. The van der Waals surface area contributed by atoms with Crippen molar-refractivity contribution in [1.29, 1.82) is 0 Å². The number of nitrogens with one attached hydrogen (secondary N) is 3. The van der Waals surface area contributed by atoms with E-state index in [1.165, 1.54) is 0 Å². The molecule has 0 spiro atoms. The molecule has 0 unspecified atom stereocenters. The van der Waals surface area contributed by atoms with Gasteiger partial charge in [-0.1, -0.05) is 52.3 Å². The molecule has 1 aliphatic heterocycles. The van der Waals surface area contributed by atoms with Gasteiger partial charge in [-0.25, -0.2) is 4.79 Å². The van der Waals surface area contributed by atoms with Gasteiger partial charge in [0.1, 0.15) is 0 Å². The second-order valence-corrected chi connectivity index (χ2v) is 6.27. The van der Waals surface area contributed by atoms with Gasteiger partial charge in [0.2, 0.25) is 0 Å². The van der Waals surface area contributed by atoms with E-state index in [2.05, 4.69) is 31.9 Å². The molecule has 0 fully saturated rings. The van der Waals surface area contributed by atoms with Crippen LogP contribution in [0.25, 0.3) is 0 Å². The number of rotatable bonds is 3. The van der Waals surface area contributed by atoms with E-state index in [-0.39, 0.29) is 11.9 Å². The zero-order chi connectivity index (χ0) is 17.1. The van der Waals surface area contributed by atoms with Crippen molar-refractivity contribution in [3.63, 3.8) is 0 Å². The molecule has 1 atom stereocenters. The summed E-state index contributed by atoms with van der Waals surface area (Å²) >= 11 is 3.49. The van der Waals surface area contributed by atoms with Gasteiger partial charge >= 0.3 is 6.03 Å². The first-order chi connectivity index (χ1) is 11.6. The summed E-state index contributed by atoms with van der Waals surface area (Å²) in [5.41, 5.74) is 2.54. The average molecular weight is 386 g/mol. The van der Waals surface area contributed by atoms with Crippen LogP contribution in [0, 0.1) is 0 Å². The number of carbonyl (C=O) groups is 2. The Morgan fingerprint density at radius 2 is 1.75 bits per heavy atom. The van der Waals surface area contributed by atoms with Crippen molar-refractivity contribution in [3.05, 3.63) is 75.9 Å². The number of para-hydroxylation sites is 1. The van der Waals surface area contributed by atoms with E-state index in [0.29, 0.717) is 17.0 Å². The summed E-state index contributed by atoms with van der Waals surface area (Å²) in [5, 5.41) is 8.36. The summed E-state index contributed by atoms with van der Waals surface area (Å²) in [6.07, 6.45) is 0. The lowest BCUT2D eigenvalue weighted by Gasteiger charge is -2.29. The van der Waals surface area contributed by atoms with Gasteiger partial charge in [-0.2, -0.15) is 0 Å². The molecule has 3 N–H and O–H groups in total. The van der Waals surface area contributed by atoms with Gasteiger partial charge in [-0.05, 0) is 30.7 Å². The van der Waals surface area contributed by atoms with Crippen LogP contribution < -0.4 is 16.0 Å². The number of benzene rings is 2. The lowest BCUT2D eigenvalue weighted by atomic mass is 9.95. The molecule has 5 nitrogen and oxygen atoms in total. The topological polar surface area (TPSA) is 70.2 Å². The average Bonchev–Trinajstić information content (AvgIpc) is 2.55. The molecule has 24 heavy (non-hydrogen) atoms. The lowest BCUT2D eigenvalue weighted by Crippen LogP contribution is -2.46. The molecule has 0 saturated heterocycles. The normalized spacial score (nSPS) is 17.1. The highest BCUT2D eigenvalue weighted by Gasteiger charge is 2.32. The Morgan fingerprint density at radius 3 is 2.46 bits per heavy atom. The van der Waals surface area contributed by atoms with E-state index in [1.807, 2.05) is 54.6 Å². The molecule has 0 radical (unpaired) electrons. The minimum absolute atomic E-state index is 0.257. The number of carbonyl (C=O) groups excluding carboxylic acids is 2. The molecule has 0 bridgehead atoms. The Kier molecular flexibility index (Phi) is 4.66. The molecule has 3 amide bonds. The summed E-state index contributed by atoms with van der Waals surface area (Å²) in [7, 11) is 0. The highest BCUT2D eigenvalue weighted by molar-refractivity contribution is 9.10. The summed E-state index contributed by atoms with van der Waals surface area (Å²) in [4.78, 5) is 24.7. The Morgan fingerprint density at radius 1 is 1.08 bits per heavy atom. The highest BCUT2D eigenvalue weighted by atomic mass is 79.9. The second kappa shape index (κ2) is 6.88. The summed E-state index contributed by atoms with van der Waals surface area (Å²) in [6, 6.07) is 15.9. The first-order valence-electron chi connectivity index (χ1n) is 7.45. The van der Waals surface area contributed by atoms with Crippen LogP contribution in [-0.2, 0) is 4.79 Å². The fourth-order valence-corrected chi connectivity index (χ4v) is 3.17. The molecule has 2 aromatic rings. The number of halogens is 1. The maximum Gasteiger partial charge on any atom is 0.319 e. The van der Waals surface area contributed by atoms with E-state index in [0.717, 1.165) is 10.0 Å². The summed E-state index contributed by atoms with van der Waals surface area (Å²) in [5.74, 6) is -0.257. The Balaban J connectivity index is 1.98. The Bertz CT molecular complexity index is 818. The van der Waals surface area contributed by atoms with Crippen LogP contribution in [0.4, 0.5) is 10.5 Å². The van der Waals surface area contributed by atoms with Gasteiger partial charge in [0, 0.05) is 15.9 Å². The zero-order valence-corrected chi connectivity index (χ0v) is 14.6. The van der Waals surface area contributed by atoms with Gasteiger partial charge in [0.05, 0.1) is 11.6 Å². The van der Waals surface area contributed by atoms with Crippen molar-refractivity contribution in [2.45, 2.75) is 13.0 Å². The summed E-state index contributed by atoms with van der Waals surface area (Å²) < 4.78 is 0.829. The van der Waals surface area contributed by atoms with Crippen LogP contribution in [0.5, 0.6) is 0 Å². The van der Waals surface area contributed by atoms with Crippen LogP contribution in [0.1, 0.15) is 18.5 Å². The van der Waals surface area contributed by atoms with Gasteiger partial charge in [0.15, 0.2) is 0 Å². The van der Waals surface area contributed by atoms with E-state index < -0.39 is 6.04 Å². The first kappa shape index (κ1) is 16.3. The number of amides is 3. The van der Waals surface area contributed by atoms with Crippen molar-refractivity contribution >= 4 is 33.6 Å². The molecule has 1 aliphatic rings. The van der Waals surface area contributed by atoms with Crippen LogP contribution in [0.2, 0.25) is 0 Å². The number of urea groups is 1. The van der Waals surface area contributed by atoms with Gasteiger partial charge < -0.3 is 16.0 Å². The lowest BCUT2D eigenvalue weighted by molar-refractivity contribution is -0.113. The number of hydrogen-bond donors (Lipinski definition) is 3. The third-order valence-electron chi connectivity index (χ3n) is 3.76. The smallest absolute Gasteiger partial charge is 0.319 e. The molecule has 122 valence electrons. The van der Waals surface area contributed by atoms with Crippen molar-refractivity contribution in [2.75, 3.05) is 5.32 Å². The molecular formula is C18H16BrN3O2. The van der Waals surface area contributed by atoms with Crippen LogP contribution >= 0.6 is 15.9 Å². The minimum atomic E-state index is -0.530. The molecule has 1 heterocycles. The van der Waals surface area contributed by atoms with E-state index in [1.54, 1.807) is 6.92 Å². The fourth-order valence-electron chi connectivity index (χ4n) is 2.66. The second-order valence-electron chi connectivity index (χ2n) is 5.41. The Labute approximate surface area is 148 Å². The molecule has 3 rings (SSSR count). The van der Waals surface area contributed by atoms with Crippen LogP contribution in [-0.4, -0.2) is 11.9 Å². The molecule has 0 saturated carbocycles. The molecule has 0 aliphatic carbocycles.